The summed E-state index contributed by atoms with van der Waals surface area (Å²) in [5.41, 5.74) is 10.8. The lowest BCUT2D eigenvalue weighted by atomic mass is 10.1. The number of halogens is 1. The normalized spacial score (nSPS) is 12.6. The average Bonchev–Trinajstić information content (AvgIpc) is 2.18. The van der Waals surface area contributed by atoms with Crippen LogP contribution in [0.4, 0.5) is 4.39 Å². The van der Waals surface area contributed by atoms with Gasteiger partial charge in [0.25, 0.3) is 0 Å². The van der Waals surface area contributed by atoms with Gasteiger partial charge >= 0.3 is 0 Å². The maximum atomic E-state index is 13.3. The third kappa shape index (κ3) is 1.78. The van der Waals surface area contributed by atoms with E-state index in [2.05, 4.69) is 0 Å². The second-order valence-electron chi connectivity index (χ2n) is 2.85. The minimum Gasteiger partial charge on any atom is -0.504 e. The fraction of sp³-hybridized carbons (Fsp3) is 0.333. The average molecular weight is 200 g/mol. The molecule has 14 heavy (non-hydrogen) atoms. The third-order valence-electron chi connectivity index (χ3n) is 1.97. The van der Waals surface area contributed by atoms with E-state index >= 15 is 0 Å². The highest BCUT2D eigenvalue weighted by molar-refractivity contribution is 5.47. The van der Waals surface area contributed by atoms with Crippen LogP contribution in [0, 0.1) is 5.82 Å². The summed E-state index contributed by atoms with van der Waals surface area (Å²) in [5.74, 6) is -0.683. The van der Waals surface area contributed by atoms with Crippen molar-refractivity contribution in [1.82, 2.24) is 0 Å². The summed E-state index contributed by atoms with van der Waals surface area (Å²) < 4.78 is 18.1. The Hall–Kier alpha value is -1.33. The fourth-order valence-electron chi connectivity index (χ4n) is 1.20. The molecule has 78 valence electrons. The molecule has 1 aromatic carbocycles. The van der Waals surface area contributed by atoms with Crippen molar-refractivity contribution in [3.63, 3.8) is 0 Å². The molecule has 0 aliphatic carbocycles. The Morgan fingerprint density at radius 2 is 2.21 bits per heavy atom. The lowest BCUT2D eigenvalue weighted by Gasteiger charge is -2.14. The van der Waals surface area contributed by atoms with Crippen LogP contribution in [0.5, 0.6) is 11.5 Å². The number of ether oxygens (including phenoxy) is 1. The van der Waals surface area contributed by atoms with Crippen molar-refractivity contribution >= 4 is 0 Å². The van der Waals surface area contributed by atoms with E-state index in [1.807, 2.05) is 0 Å². The van der Waals surface area contributed by atoms with Crippen molar-refractivity contribution in [3.8, 4) is 11.5 Å². The zero-order valence-corrected chi connectivity index (χ0v) is 7.83. The first-order chi connectivity index (χ1) is 6.61. The van der Waals surface area contributed by atoms with Gasteiger partial charge in [0.15, 0.2) is 11.5 Å². The Kier molecular flexibility index (Phi) is 3.27. The number of aromatic hydroxyl groups is 1. The van der Waals surface area contributed by atoms with Gasteiger partial charge in [-0.15, -0.1) is 0 Å². The SMILES string of the molecule is COc1ccc(F)c([C@H](N)CN)c1O. The molecule has 0 aliphatic rings. The molecule has 5 N–H and O–H groups in total. The highest BCUT2D eigenvalue weighted by Crippen LogP contribution is 2.34. The molecule has 1 aromatic rings. The van der Waals surface area contributed by atoms with Crippen LogP contribution in [0.3, 0.4) is 0 Å². The Bertz CT molecular complexity index is 331. The molecular weight excluding hydrogens is 187 g/mol. The Labute approximate surface area is 81.3 Å². The van der Waals surface area contributed by atoms with Crippen LogP contribution < -0.4 is 16.2 Å². The Morgan fingerprint density at radius 3 is 2.71 bits per heavy atom. The molecule has 0 saturated heterocycles. The lowest BCUT2D eigenvalue weighted by Crippen LogP contribution is -2.22. The largest absolute Gasteiger partial charge is 0.504 e. The van der Waals surface area contributed by atoms with Crippen molar-refractivity contribution < 1.29 is 14.2 Å². The van der Waals surface area contributed by atoms with E-state index in [1.165, 1.54) is 19.2 Å². The van der Waals surface area contributed by atoms with E-state index in [4.69, 9.17) is 16.2 Å². The van der Waals surface area contributed by atoms with Crippen LogP contribution >= 0.6 is 0 Å². The van der Waals surface area contributed by atoms with Crippen molar-refractivity contribution in [2.24, 2.45) is 11.5 Å². The summed E-state index contributed by atoms with van der Waals surface area (Å²) in [6, 6.07) is 1.78. The van der Waals surface area contributed by atoms with Crippen LogP contribution in [0.1, 0.15) is 11.6 Å². The number of phenolic OH excluding ortho intramolecular Hbond substituents is 1. The van der Waals surface area contributed by atoms with Gasteiger partial charge in [-0.2, -0.15) is 0 Å². The lowest BCUT2D eigenvalue weighted by molar-refractivity contribution is 0.364. The van der Waals surface area contributed by atoms with Gasteiger partial charge in [-0.1, -0.05) is 0 Å². The number of benzene rings is 1. The molecule has 0 saturated carbocycles. The minimum atomic E-state index is -0.731. The van der Waals surface area contributed by atoms with Gasteiger partial charge in [-0.05, 0) is 12.1 Å². The van der Waals surface area contributed by atoms with Gasteiger partial charge in [0.05, 0.1) is 12.7 Å². The number of phenols is 1. The summed E-state index contributed by atoms with van der Waals surface area (Å²) in [4.78, 5) is 0. The van der Waals surface area contributed by atoms with E-state index in [1.54, 1.807) is 0 Å². The number of hydrogen-bond acceptors (Lipinski definition) is 4. The standard InChI is InChI=1S/C9H13FN2O2/c1-14-7-3-2-5(10)8(9(7)13)6(12)4-11/h2-3,6,13H,4,11-12H2,1H3/t6-/m1/s1. The number of methoxy groups -OCH3 is 1. The summed E-state index contributed by atoms with van der Waals surface area (Å²) in [6.45, 7) is 0.0532. The molecule has 1 rings (SSSR count). The monoisotopic (exact) mass is 200 g/mol. The Morgan fingerprint density at radius 1 is 1.57 bits per heavy atom. The highest BCUT2D eigenvalue weighted by Gasteiger charge is 2.18. The third-order valence-corrected chi connectivity index (χ3v) is 1.97. The molecule has 5 heteroatoms. The molecule has 0 heterocycles. The van der Waals surface area contributed by atoms with Crippen LogP contribution in [0.15, 0.2) is 12.1 Å². The van der Waals surface area contributed by atoms with E-state index in [9.17, 15) is 9.50 Å². The summed E-state index contributed by atoms with van der Waals surface area (Å²) >= 11 is 0. The summed E-state index contributed by atoms with van der Waals surface area (Å²) in [6.07, 6.45) is 0. The molecule has 1 atom stereocenters. The predicted octanol–water partition coefficient (Wildman–Crippen LogP) is 0.498. The molecular formula is C9H13FN2O2. The van der Waals surface area contributed by atoms with Gasteiger partial charge in [0, 0.05) is 12.6 Å². The van der Waals surface area contributed by atoms with Gasteiger partial charge in [-0.3, -0.25) is 0 Å². The number of rotatable bonds is 3. The molecule has 0 radical (unpaired) electrons. The first-order valence-corrected chi connectivity index (χ1v) is 4.12. The highest BCUT2D eigenvalue weighted by atomic mass is 19.1. The van der Waals surface area contributed by atoms with E-state index in [0.717, 1.165) is 0 Å². The molecule has 0 aromatic heterocycles. The first-order valence-electron chi connectivity index (χ1n) is 4.12. The van der Waals surface area contributed by atoms with Crippen molar-refractivity contribution in [2.75, 3.05) is 13.7 Å². The second-order valence-corrected chi connectivity index (χ2v) is 2.85. The molecule has 0 spiro atoms. The van der Waals surface area contributed by atoms with Crippen molar-refractivity contribution in [1.29, 1.82) is 0 Å². The smallest absolute Gasteiger partial charge is 0.165 e. The molecule has 0 bridgehead atoms. The zero-order chi connectivity index (χ0) is 10.7. The maximum Gasteiger partial charge on any atom is 0.165 e. The quantitative estimate of drug-likeness (QED) is 0.663. The molecule has 4 nitrogen and oxygen atoms in total. The number of hydrogen-bond donors (Lipinski definition) is 3. The Balaban J connectivity index is 3.25. The molecule has 0 aliphatic heterocycles. The van der Waals surface area contributed by atoms with Gasteiger partial charge in [0.1, 0.15) is 5.82 Å². The van der Waals surface area contributed by atoms with Crippen LogP contribution in [0.2, 0.25) is 0 Å². The van der Waals surface area contributed by atoms with Crippen LogP contribution in [0.25, 0.3) is 0 Å². The topological polar surface area (TPSA) is 81.5 Å². The molecule has 0 unspecified atom stereocenters. The summed E-state index contributed by atoms with van der Waals surface area (Å²) in [7, 11) is 1.38. The first kappa shape index (κ1) is 10.7. The second kappa shape index (κ2) is 4.26. The van der Waals surface area contributed by atoms with Gasteiger partial charge < -0.3 is 21.3 Å². The van der Waals surface area contributed by atoms with Crippen molar-refractivity contribution in [2.45, 2.75) is 6.04 Å². The predicted molar refractivity (Wildman–Crippen MR) is 50.6 cm³/mol. The van der Waals surface area contributed by atoms with Crippen LogP contribution in [-0.4, -0.2) is 18.8 Å². The summed E-state index contributed by atoms with van der Waals surface area (Å²) in [5, 5.41) is 9.57. The van der Waals surface area contributed by atoms with E-state index in [0.29, 0.717) is 0 Å². The van der Waals surface area contributed by atoms with Gasteiger partial charge in [0.2, 0.25) is 0 Å². The van der Waals surface area contributed by atoms with E-state index in [-0.39, 0.29) is 23.6 Å². The van der Waals surface area contributed by atoms with E-state index < -0.39 is 11.9 Å². The van der Waals surface area contributed by atoms with Gasteiger partial charge in [-0.25, -0.2) is 4.39 Å². The zero-order valence-electron chi connectivity index (χ0n) is 7.83. The minimum absolute atomic E-state index is 0.00755. The van der Waals surface area contributed by atoms with Crippen LogP contribution in [-0.2, 0) is 0 Å². The molecule has 0 fully saturated rings. The van der Waals surface area contributed by atoms with Crippen molar-refractivity contribution in [3.05, 3.63) is 23.5 Å². The number of nitrogens with two attached hydrogens (primary N) is 2. The maximum absolute atomic E-state index is 13.3. The molecule has 0 amide bonds. The fourth-order valence-corrected chi connectivity index (χ4v) is 1.20.